The Kier molecular flexibility index (Phi) is 8.96. The molecule has 2 heterocycles. The largest absolute Gasteiger partial charge is 0.453 e. The van der Waals surface area contributed by atoms with E-state index in [4.69, 9.17) is 14.3 Å². The lowest BCUT2D eigenvalue weighted by molar-refractivity contribution is -0.123. The zero-order valence-electron chi connectivity index (χ0n) is 20.8. The predicted octanol–water partition coefficient (Wildman–Crippen LogP) is 3.72. The number of benzene rings is 2. The Morgan fingerprint density at radius 2 is 1.72 bits per heavy atom. The maximum absolute atomic E-state index is 13.5. The van der Waals surface area contributed by atoms with E-state index in [0.717, 1.165) is 21.7 Å². The smallest absolute Gasteiger partial charge is 0.407 e. The van der Waals surface area contributed by atoms with Crippen molar-refractivity contribution in [1.82, 2.24) is 20.6 Å². The van der Waals surface area contributed by atoms with Crippen LogP contribution in [0.4, 0.5) is 10.5 Å². The zero-order valence-corrected chi connectivity index (χ0v) is 22.5. The number of nitrogens with zero attached hydrogens (tertiary/aromatic N) is 1. The number of aromatic nitrogens is 2. The molecular formula is C26H27N5O6S2. The Morgan fingerprint density at radius 3 is 2.36 bits per heavy atom. The summed E-state index contributed by atoms with van der Waals surface area (Å²) in [6.07, 6.45) is 1.56. The number of nitrogens with one attached hydrogen (secondary N) is 4. The molecule has 0 bridgehead atoms. The van der Waals surface area contributed by atoms with E-state index in [0.29, 0.717) is 12.2 Å². The van der Waals surface area contributed by atoms with Crippen molar-refractivity contribution in [3.8, 4) is 10.6 Å². The molecule has 0 saturated heterocycles. The molecule has 204 valence electrons. The highest BCUT2D eigenvalue weighted by molar-refractivity contribution is 7.87. The molecule has 2 aromatic carbocycles. The Labute approximate surface area is 229 Å². The van der Waals surface area contributed by atoms with Gasteiger partial charge in [0.1, 0.15) is 11.9 Å². The average molecular weight is 570 g/mol. The topological polar surface area (TPSA) is 163 Å². The molecule has 0 radical (unpaired) electrons. The maximum atomic E-state index is 13.5. The summed E-state index contributed by atoms with van der Waals surface area (Å²) >= 11 is 1.53. The van der Waals surface area contributed by atoms with E-state index < -0.39 is 34.4 Å². The second-order valence-corrected chi connectivity index (χ2v) is 10.7. The summed E-state index contributed by atoms with van der Waals surface area (Å²) in [6.45, 7) is 0. The first-order valence-corrected chi connectivity index (χ1v) is 14.1. The van der Waals surface area contributed by atoms with Gasteiger partial charge in [-0.3, -0.25) is 14.1 Å². The highest BCUT2D eigenvalue weighted by Gasteiger charge is 2.26. The number of thiophene rings is 1. The number of hydrogen-bond acceptors (Lipinski definition) is 7. The summed E-state index contributed by atoms with van der Waals surface area (Å²) in [5.74, 6) is 0.0661. The molecule has 4 rings (SSSR count). The lowest BCUT2D eigenvalue weighted by Crippen LogP contribution is -2.49. The van der Waals surface area contributed by atoms with E-state index in [1.807, 2.05) is 52.6 Å². The molecule has 11 nitrogen and oxygen atoms in total. The minimum absolute atomic E-state index is 0.185. The molecule has 0 aliphatic heterocycles. The molecule has 2 amide bonds. The third-order valence-electron chi connectivity index (χ3n) is 5.74. The Morgan fingerprint density at radius 1 is 1.00 bits per heavy atom. The molecule has 0 aliphatic carbocycles. The van der Waals surface area contributed by atoms with Gasteiger partial charge in [0.05, 0.1) is 29.4 Å². The van der Waals surface area contributed by atoms with Gasteiger partial charge in [-0.25, -0.2) is 9.78 Å². The molecule has 39 heavy (non-hydrogen) atoms. The van der Waals surface area contributed by atoms with Gasteiger partial charge < -0.3 is 20.4 Å². The van der Waals surface area contributed by atoms with Crippen LogP contribution in [0.1, 0.15) is 23.0 Å². The Hall–Kier alpha value is -4.20. The molecule has 5 N–H and O–H groups in total. The molecule has 2 aromatic heterocycles. The van der Waals surface area contributed by atoms with Crippen LogP contribution in [0.5, 0.6) is 0 Å². The Balaban J connectivity index is 1.59. The van der Waals surface area contributed by atoms with Gasteiger partial charge in [-0.1, -0.05) is 48.5 Å². The van der Waals surface area contributed by atoms with Crippen LogP contribution in [0.2, 0.25) is 0 Å². The number of imidazole rings is 1. The highest BCUT2D eigenvalue weighted by Crippen LogP contribution is 2.25. The van der Waals surface area contributed by atoms with Crippen molar-refractivity contribution in [2.24, 2.45) is 0 Å². The van der Waals surface area contributed by atoms with E-state index in [9.17, 15) is 18.0 Å². The van der Waals surface area contributed by atoms with Crippen LogP contribution in [0.3, 0.4) is 0 Å². The van der Waals surface area contributed by atoms with Gasteiger partial charge in [0.25, 0.3) is 0 Å². The Bertz CT molecular complexity index is 1490. The van der Waals surface area contributed by atoms with Gasteiger partial charge in [-0.2, -0.15) is 8.42 Å². The highest BCUT2D eigenvalue weighted by atomic mass is 32.2. The molecule has 2 atom stereocenters. The summed E-state index contributed by atoms with van der Waals surface area (Å²) in [4.78, 5) is 34.3. The number of alkyl carbamates (subject to hydrolysis) is 1. The number of carbonyl (C=O) groups excluding carboxylic acids is 2. The van der Waals surface area contributed by atoms with Gasteiger partial charge >= 0.3 is 16.4 Å². The molecule has 0 spiro atoms. The number of aromatic amines is 1. The molecule has 0 saturated carbocycles. The SMILES string of the molecule is COC(=O)N[C@@H](Cc1ccccc1)C(=O)NC(Cc1ccc(NS(=O)(=O)O)cc1)c1nc(-c2cccs2)c[nH]1. The number of rotatable bonds is 11. The second kappa shape index (κ2) is 12.6. The maximum Gasteiger partial charge on any atom is 0.407 e. The van der Waals surface area contributed by atoms with Gasteiger partial charge in [-0.15, -0.1) is 11.3 Å². The molecule has 13 heteroatoms. The lowest BCUT2D eigenvalue weighted by Gasteiger charge is -2.22. The first kappa shape index (κ1) is 27.8. The van der Waals surface area contributed by atoms with Crippen molar-refractivity contribution in [2.75, 3.05) is 11.8 Å². The van der Waals surface area contributed by atoms with Crippen molar-refractivity contribution < 1.29 is 27.3 Å². The second-order valence-electron chi connectivity index (χ2n) is 8.57. The molecule has 0 aliphatic rings. The number of hydrogen-bond donors (Lipinski definition) is 5. The number of anilines is 1. The van der Waals surface area contributed by atoms with Crippen molar-refractivity contribution in [3.63, 3.8) is 0 Å². The van der Waals surface area contributed by atoms with Crippen LogP contribution in [-0.2, 0) is 32.7 Å². The minimum Gasteiger partial charge on any atom is -0.453 e. The van der Waals surface area contributed by atoms with Crippen LogP contribution in [0.15, 0.2) is 78.3 Å². The van der Waals surface area contributed by atoms with Crippen LogP contribution < -0.4 is 15.4 Å². The average Bonchev–Trinajstić information content (AvgIpc) is 3.61. The quantitative estimate of drug-likeness (QED) is 0.172. The molecule has 4 aromatic rings. The van der Waals surface area contributed by atoms with Gasteiger partial charge in [0.2, 0.25) is 5.91 Å². The van der Waals surface area contributed by atoms with Crippen molar-refractivity contribution in [3.05, 3.63) is 95.3 Å². The van der Waals surface area contributed by atoms with E-state index in [1.54, 1.807) is 18.3 Å². The number of H-pyrrole nitrogens is 1. The fraction of sp³-hybridized carbons (Fsp3) is 0.192. The standard InChI is InChI=1S/C26H27N5O6S2/c1-37-26(33)30-21(15-17-6-3-2-4-7-17)25(32)29-20(24-27-16-22(28-24)23-8-5-13-38-23)14-18-9-11-19(12-10-18)31-39(34,35)36/h2-13,16,20-21,31H,14-15H2,1H3,(H,27,28)(H,29,32)(H,30,33)(H,34,35,36)/t20?,21-/m0/s1. The van der Waals surface area contributed by atoms with E-state index in [-0.39, 0.29) is 12.1 Å². The van der Waals surface area contributed by atoms with Crippen LogP contribution in [-0.4, -0.2) is 48.1 Å². The summed E-state index contributed by atoms with van der Waals surface area (Å²) in [5, 5.41) is 7.54. The summed E-state index contributed by atoms with van der Waals surface area (Å²) in [7, 11) is -3.18. The fourth-order valence-electron chi connectivity index (χ4n) is 3.91. The van der Waals surface area contributed by atoms with Crippen molar-refractivity contribution in [1.29, 1.82) is 0 Å². The molecular weight excluding hydrogens is 542 g/mol. The van der Waals surface area contributed by atoms with Crippen LogP contribution in [0.25, 0.3) is 10.6 Å². The predicted molar refractivity (Wildman–Crippen MR) is 148 cm³/mol. The van der Waals surface area contributed by atoms with E-state index >= 15 is 0 Å². The first-order chi connectivity index (χ1) is 18.7. The van der Waals surface area contributed by atoms with Gasteiger partial charge in [-0.05, 0) is 41.1 Å². The summed E-state index contributed by atoms with van der Waals surface area (Å²) in [5.41, 5.74) is 2.52. The first-order valence-electron chi connectivity index (χ1n) is 11.8. The third kappa shape index (κ3) is 8.14. The summed E-state index contributed by atoms with van der Waals surface area (Å²) < 4.78 is 38.0. The zero-order chi connectivity index (χ0) is 27.8. The summed E-state index contributed by atoms with van der Waals surface area (Å²) in [6, 6.07) is 17.9. The van der Waals surface area contributed by atoms with Crippen molar-refractivity contribution in [2.45, 2.75) is 24.9 Å². The normalized spacial score (nSPS) is 12.8. The number of carbonyl (C=O) groups is 2. The number of ether oxygens (including phenoxy) is 1. The monoisotopic (exact) mass is 569 g/mol. The van der Waals surface area contributed by atoms with Crippen LogP contribution in [0, 0.1) is 0 Å². The van der Waals surface area contributed by atoms with Crippen LogP contribution >= 0.6 is 11.3 Å². The van der Waals surface area contributed by atoms with Gasteiger partial charge in [0, 0.05) is 12.6 Å². The lowest BCUT2D eigenvalue weighted by atomic mass is 10.0. The van der Waals surface area contributed by atoms with E-state index in [1.165, 1.54) is 30.6 Å². The van der Waals surface area contributed by atoms with E-state index in [2.05, 4.69) is 15.6 Å². The fourth-order valence-corrected chi connectivity index (χ4v) is 5.03. The molecule has 1 unspecified atom stereocenters. The molecule has 0 fully saturated rings. The van der Waals surface area contributed by atoms with Gasteiger partial charge in [0.15, 0.2) is 0 Å². The third-order valence-corrected chi connectivity index (χ3v) is 7.12. The minimum atomic E-state index is -4.40. The number of amides is 2. The van der Waals surface area contributed by atoms with Crippen molar-refractivity contribution >= 4 is 39.3 Å². The number of methoxy groups -OCH3 is 1.